The SMILES string of the molecule is Cc1cccc(OCCn2cc(/C=N/n3cnnc3)c3ccccc32)c1. The molecular formula is C20H19N5O. The summed E-state index contributed by atoms with van der Waals surface area (Å²) in [6.07, 6.45) is 7.04. The fourth-order valence-corrected chi connectivity index (χ4v) is 2.91. The molecule has 4 aromatic rings. The van der Waals surface area contributed by atoms with Gasteiger partial charge in [-0.3, -0.25) is 0 Å². The Labute approximate surface area is 151 Å². The first-order chi connectivity index (χ1) is 12.8. The zero-order chi connectivity index (χ0) is 17.8. The van der Waals surface area contributed by atoms with E-state index >= 15 is 0 Å². The summed E-state index contributed by atoms with van der Waals surface area (Å²) in [6, 6.07) is 16.4. The fraction of sp³-hybridized carbons (Fsp3) is 0.150. The van der Waals surface area contributed by atoms with Crippen molar-refractivity contribution in [2.24, 2.45) is 5.10 Å². The van der Waals surface area contributed by atoms with Gasteiger partial charge >= 0.3 is 0 Å². The summed E-state index contributed by atoms with van der Waals surface area (Å²) < 4.78 is 9.66. The molecule has 2 aromatic heterocycles. The zero-order valence-corrected chi connectivity index (χ0v) is 14.5. The van der Waals surface area contributed by atoms with E-state index in [1.54, 1.807) is 17.3 Å². The lowest BCUT2D eigenvalue weighted by Gasteiger charge is -2.08. The Morgan fingerprint density at radius 3 is 2.77 bits per heavy atom. The van der Waals surface area contributed by atoms with Crippen molar-refractivity contribution in [1.29, 1.82) is 0 Å². The van der Waals surface area contributed by atoms with Gasteiger partial charge in [-0.1, -0.05) is 30.3 Å². The van der Waals surface area contributed by atoms with E-state index in [9.17, 15) is 0 Å². The quantitative estimate of drug-likeness (QED) is 0.503. The highest BCUT2D eigenvalue weighted by molar-refractivity contribution is 5.99. The molecule has 0 amide bonds. The Morgan fingerprint density at radius 2 is 1.92 bits per heavy atom. The molecule has 0 aliphatic heterocycles. The van der Waals surface area contributed by atoms with Crippen LogP contribution in [-0.4, -0.2) is 32.3 Å². The lowest BCUT2D eigenvalue weighted by Crippen LogP contribution is -2.07. The van der Waals surface area contributed by atoms with Gasteiger partial charge in [-0.2, -0.15) is 5.10 Å². The number of aromatic nitrogens is 4. The maximum atomic E-state index is 5.89. The number of para-hydroxylation sites is 1. The Morgan fingerprint density at radius 1 is 1.08 bits per heavy atom. The molecule has 6 heteroatoms. The molecule has 0 atom stereocenters. The topological polar surface area (TPSA) is 57.2 Å². The monoisotopic (exact) mass is 345 g/mol. The van der Waals surface area contributed by atoms with E-state index in [2.05, 4.69) is 51.2 Å². The highest BCUT2D eigenvalue weighted by Crippen LogP contribution is 2.20. The molecule has 0 radical (unpaired) electrons. The minimum atomic E-state index is 0.601. The van der Waals surface area contributed by atoms with Crippen molar-refractivity contribution in [3.63, 3.8) is 0 Å². The molecule has 0 aliphatic carbocycles. The van der Waals surface area contributed by atoms with Crippen LogP contribution in [0.1, 0.15) is 11.1 Å². The molecule has 0 N–H and O–H groups in total. The van der Waals surface area contributed by atoms with Crippen LogP contribution in [0.3, 0.4) is 0 Å². The predicted molar refractivity (Wildman–Crippen MR) is 102 cm³/mol. The first kappa shape index (κ1) is 16.1. The molecule has 6 nitrogen and oxygen atoms in total. The molecule has 0 spiro atoms. The van der Waals surface area contributed by atoms with E-state index in [0.29, 0.717) is 6.61 Å². The van der Waals surface area contributed by atoms with Gasteiger partial charge in [-0.15, -0.1) is 10.2 Å². The second kappa shape index (κ2) is 7.23. The van der Waals surface area contributed by atoms with Crippen molar-refractivity contribution < 1.29 is 4.74 Å². The molecule has 0 fully saturated rings. The lowest BCUT2D eigenvalue weighted by molar-refractivity contribution is 0.300. The number of hydrogen-bond donors (Lipinski definition) is 0. The minimum Gasteiger partial charge on any atom is -0.492 e. The Hall–Kier alpha value is -3.41. The second-order valence-electron chi connectivity index (χ2n) is 6.05. The molecule has 2 heterocycles. The summed E-state index contributed by atoms with van der Waals surface area (Å²) in [5.41, 5.74) is 3.40. The molecule has 0 unspecified atom stereocenters. The Balaban J connectivity index is 1.53. The van der Waals surface area contributed by atoms with Crippen LogP contribution in [0.5, 0.6) is 5.75 Å². The van der Waals surface area contributed by atoms with Crippen LogP contribution in [-0.2, 0) is 6.54 Å². The zero-order valence-electron chi connectivity index (χ0n) is 14.5. The van der Waals surface area contributed by atoms with Crippen LogP contribution in [0.25, 0.3) is 10.9 Å². The van der Waals surface area contributed by atoms with Crippen molar-refractivity contribution in [2.75, 3.05) is 6.61 Å². The Bertz CT molecular complexity index is 1030. The smallest absolute Gasteiger partial charge is 0.141 e. The van der Waals surface area contributed by atoms with E-state index in [4.69, 9.17) is 4.74 Å². The van der Waals surface area contributed by atoms with Gasteiger partial charge in [-0.05, 0) is 30.7 Å². The van der Waals surface area contributed by atoms with Crippen LogP contribution in [0.4, 0.5) is 0 Å². The third kappa shape index (κ3) is 3.49. The first-order valence-electron chi connectivity index (χ1n) is 8.46. The van der Waals surface area contributed by atoms with Crippen LogP contribution in [0.2, 0.25) is 0 Å². The summed E-state index contributed by atoms with van der Waals surface area (Å²) >= 11 is 0. The number of nitrogens with zero attached hydrogens (tertiary/aromatic N) is 5. The average Bonchev–Trinajstić information content (AvgIpc) is 3.28. The maximum Gasteiger partial charge on any atom is 0.141 e. The molecular weight excluding hydrogens is 326 g/mol. The summed E-state index contributed by atoms with van der Waals surface area (Å²) in [5, 5.41) is 13.0. The van der Waals surface area contributed by atoms with Gasteiger partial charge in [0, 0.05) is 22.7 Å². The Kier molecular flexibility index (Phi) is 4.47. The highest BCUT2D eigenvalue weighted by Gasteiger charge is 2.07. The molecule has 0 aliphatic rings. The van der Waals surface area contributed by atoms with Gasteiger partial charge in [0.1, 0.15) is 25.0 Å². The molecule has 0 saturated heterocycles. The number of rotatable bonds is 6. The van der Waals surface area contributed by atoms with E-state index < -0.39 is 0 Å². The molecule has 130 valence electrons. The van der Waals surface area contributed by atoms with Crippen molar-refractivity contribution >= 4 is 17.1 Å². The van der Waals surface area contributed by atoms with Crippen molar-refractivity contribution in [1.82, 2.24) is 19.4 Å². The molecule has 0 bridgehead atoms. The van der Waals surface area contributed by atoms with Crippen molar-refractivity contribution in [3.05, 3.63) is 78.5 Å². The number of ether oxygens (including phenoxy) is 1. The van der Waals surface area contributed by atoms with Gasteiger partial charge in [0.15, 0.2) is 0 Å². The van der Waals surface area contributed by atoms with E-state index in [-0.39, 0.29) is 0 Å². The molecule has 26 heavy (non-hydrogen) atoms. The number of fused-ring (bicyclic) bond motifs is 1. The summed E-state index contributed by atoms with van der Waals surface area (Å²) in [6.45, 7) is 3.42. The van der Waals surface area contributed by atoms with Crippen LogP contribution in [0.15, 0.2) is 72.5 Å². The summed E-state index contributed by atoms with van der Waals surface area (Å²) in [7, 11) is 0. The van der Waals surface area contributed by atoms with E-state index in [0.717, 1.165) is 28.8 Å². The van der Waals surface area contributed by atoms with Crippen LogP contribution in [0, 0.1) is 6.92 Å². The summed E-state index contributed by atoms with van der Waals surface area (Å²) in [4.78, 5) is 0. The predicted octanol–water partition coefficient (Wildman–Crippen LogP) is 3.50. The molecule has 4 rings (SSSR count). The lowest BCUT2D eigenvalue weighted by atomic mass is 10.2. The molecule has 2 aromatic carbocycles. The van der Waals surface area contributed by atoms with Crippen LogP contribution < -0.4 is 4.74 Å². The van der Waals surface area contributed by atoms with Crippen LogP contribution >= 0.6 is 0 Å². The fourth-order valence-electron chi connectivity index (χ4n) is 2.91. The summed E-state index contributed by atoms with van der Waals surface area (Å²) in [5.74, 6) is 0.899. The number of aryl methyl sites for hydroxylation is 1. The second-order valence-corrected chi connectivity index (χ2v) is 6.05. The minimum absolute atomic E-state index is 0.601. The highest BCUT2D eigenvalue weighted by atomic mass is 16.5. The third-order valence-electron chi connectivity index (χ3n) is 4.15. The van der Waals surface area contributed by atoms with Gasteiger partial charge < -0.3 is 9.30 Å². The van der Waals surface area contributed by atoms with E-state index in [1.165, 1.54) is 5.56 Å². The standard InChI is InChI=1S/C20H19N5O/c1-16-5-4-6-18(11-16)26-10-9-24-13-17(12-23-25-14-21-22-15-25)19-7-2-3-8-20(19)24/h2-8,11-15H,9-10H2,1H3/b23-12+. The number of benzene rings is 2. The van der Waals surface area contributed by atoms with Gasteiger partial charge in [0.2, 0.25) is 0 Å². The van der Waals surface area contributed by atoms with Gasteiger partial charge in [-0.25, -0.2) is 4.68 Å². The van der Waals surface area contributed by atoms with Gasteiger partial charge in [0.25, 0.3) is 0 Å². The molecule has 0 saturated carbocycles. The average molecular weight is 345 g/mol. The van der Waals surface area contributed by atoms with E-state index in [1.807, 2.05) is 36.5 Å². The maximum absolute atomic E-state index is 5.89. The third-order valence-corrected chi connectivity index (χ3v) is 4.15. The largest absolute Gasteiger partial charge is 0.492 e. The normalized spacial score (nSPS) is 11.4. The number of hydrogen-bond acceptors (Lipinski definition) is 4. The van der Waals surface area contributed by atoms with Gasteiger partial charge in [0.05, 0.1) is 12.8 Å². The van der Waals surface area contributed by atoms with Crippen molar-refractivity contribution in [2.45, 2.75) is 13.5 Å². The van der Waals surface area contributed by atoms with Crippen molar-refractivity contribution in [3.8, 4) is 5.75 Å². The first-order valence-corrected chi connectivity index (χ1v) is 8.46.